The van der Waals surface area contributed by atoms with E-state index in [-0.39, 0.29) is 0 Å². The first-order chi connectivity index (χ1) is 9.22. The summed E-state index contributed by atoms with van der Waals surface area (Å²) in [5.74, 6) is 0. The number of rotatable bonds is 0. The minimum Gasteiger partial charge on any atom is -0.252 e. The third-order valence-corrected chi connectivity index (χ3v) is 4.17. The van der Waals surface area contributed by atoms with Gasteiger partial charge in [0.15, 0.2) is 0 Å². The van der Waals surface area contributed by atoms with E-state index in [1.807, 2.05) is 0 Å². The Labute approximate surface area is 112 Å². The number of aromatic nitrogens is 1. The van der Waals surface area contributed by atoms with Crippen molar-refractivity contribution in [2.24, 2.45) is 0 Å². The van der Waals surface area contributed by atoms with Crippen LogP contribution in [0.1, 0.15) is 22.4 Å². The number of hydrogen-bond donors (Lipinski definition) is 0. The van der Waals surface area contributed by atoms with Crippen LogP contribution in [0.3, 0.4) is 0 Å². The minimum atomic E-state index is 0.969. The van der Waals surface area contributed by atoms with E-state index in [0.717, 1.165) is 11.9 Å². The van der Waals surface area contributed by atoms with Crippen molar-refractivity contribution in [2.75, 3.05) is 0 Å². The van der Waals surface area contributed by atoms with Crippen molar-refractivity contribution in [3.8, 4) is 11.1 Å². The lowest BCUT2D eigenvalue weighted by molar-refractivity contribution is 1.14. The zero-order valence-corrected chi connectivity index (χ0v) is 11.2. The molecule has 0 spiro atoms. The molecular weight excluding hydrogens is 230 g/mol. The van der Waals surface area contributed by atoms with E-state index >= 15 is 0 Å². The lowest BCUT2D eigenvalue weighted by atomic mass is 9.99. The highest BCUT2D eigenvalue weighted by molar-refractivity contribution is 5.88. The smallest absolute Gasteiger partial charge is 0.0705 e. The van der Waals surface area contributed by atoms with Gasteiger partial charge < -0.3 is 0 Å². The number of benzene rings is 2. The van der Waals surface area contributed by atoms with Gasteiger partial charge in [-0.1, -0.05) is 30.3 Å². The molecule has 0 aliphatic heterocycles. The van der Waals surface area contributed by atoms with Gasteiger partial charge in [-0.15, -0.1) is 0 Å². The molecule has 0 N–H and O–H groups in total. The van der Waals surface area contributed by atoms with Crippen molar-refractivity contribution in [2.45, 2.75) is 20.3 Å². The highest BCUT2D eigenvalue weighted by atomic mass is 14.7. The van der Waals surface area contributed by atoms with Crippen LogP contribution in [0.4, 0.5) is 0 Å². The fourth-order valence-electron chi connectivity index (χ4n) is 2.98. The molecule has 0 saturated carbocycles. The Balaban J connectivity index is 2.03. The highest BCUT2D eigenvalue weighted by Crippen LogP contribution is 2.38. The van der Waals surface area contributed by atoms with Gasteiger partial charge in [0.1, 0.15) is 0 Å². The van der Waals surface area contributed by atoms with Crippen LogP contribution in [-0.4, -0.2) is 4.98 Å². The van der Waals surface area contributed by atoms with Crippen LogP contribution in [0.25, 0.3) is 22.0 Å². The average Bonchev–Trinajstić information content (AvgIpc) is 2.74. The van der Waals surface area contributed by atoms with Gasteiger partial charge >= 0.3 is 0 Å². The van der Waals surface area contributed by atoms with Crippen molar-refractivity contribution in [1.29, 1.82) is 0 Å². The summed E-state index contributed by atoms with van der Waals surface area (Å²) in [5, 5.41) is 1.23. The second kappa shape index (κ2) is 3.67. The van der Waals surface area contributed by atoms with Gasteiger partial charge in [0.2, 0.25) is 0 Å². The molecule has 1 aliphatic rings. The maximum atomic E-state index is 4.83. The summed E-state index contributed by atoms with van der Waals surface area (Å²) in [6, 6.07) is 15.3. The van der Waals surface area contributed by atoms with Crippen molar-refractivity contribution in [3.05, 3.63) is 64.8 Å². The fraction of sp³-hybridized carbons (Fsp3) is 0.167. The molecule has 3 aromatic rings. The molecule has 19 heavy (non-hydrogen) atoms. The van der Waals surface area contributed by atoms with Gasteiger partial charge in [-0.3, -0.25) is 4.98 Å². The predicted octanol–water partition coefficient (Wildman–Crippen LogP) is 4.42. The molecule has 0 unspecified atom stereocenters. The van der Waals surface area contributed by atoms with Crippen molar-refractivity contribution in [3.63, 3.8) is 0 Å². The zero-order chi connectivity index (χ0) is 13.0. The SMILES string of the molecule is Cc1cc2c(cc1C)-c1cc3ccccc3nc1C2. The van der Waals surface area contributed by atoms with Gasteiger partial charge in [0.25, 0.3) is 0 Å². The summed E-state index contributed by atoms with van der Waals surface area (Å²) in [4.78, 5) is 4.83. The van der Waals surface area contributed by atoms with Crippen LogP contribution >= 0.6 is 0 Å². The van der Waals surface area contributed by atoms with Crippen molar-refractivity contribution < 1.29 is 0 Å². The molecule has 1 aromatic heterocycles. The molecule has 92 valence electrons. The standard InChI is InChI=1S/C18H15N/c1-11-7-14-10-18-16(15(14)8-12(11)2)9-13-5-3-4-6-17(13)19-18/h3-9H,10H2,1-2H3. The van der Waals surface area contributed by atoms with E-state index in [9.17, 15) is 0 Å². The molecule has 2 aromatic carbocycles. The quantitative estimate of drug-likeness (QED) is 0.447. The number of nitrogens with zero attached hydrogens (tertiary/aromatic N) is 1. The first-order valence-corrected chi connectivity index (χ1v) is 6.71. The Kier molecular flexibility index (Phi) is 2.08. The summed E-state index contributed by atoms with van der Waals surface area (Å²) >= 11 is 0. The Morgan fingerprint density at radius 1 is 0.895 bits per heavy atom. The maximum Gasteiger partial charge on any atom is 0.0705 e. The molecule has 1 heterocycles. The molecule has 1 nitrogen and oxygen atoms in total. The summed E-state index contributed by atoms with van der Waals surface area (Å²) in [6.07, 6.45) is 0.969. The number of fused-ring (bicyclic) bond motifs is 4. The third-order valence-electron chi connectivity index (χ3n) is 4.17. The van der Waals surface area contributed by atoms with E-state index in [1.54, 1.807) is 0 Å². The van der Waals surface area contributed by atoms with Crippen LogP contribution in [0.15, 0.2) is 42.5 Å². The average molecular weight is 245 g/mol. The molecule has 1 heteroatoms. The van der Waals surface area contributed by atoms with Crippen molar-refractivity contribution in [1.82, 2.24) is 4.98 Å². The zero-order valence-electron chi connectivity index (χ0n) is 11.2. The maximum absolute atomic E-state index is 4.83. The first-order valence-electron chi connectivity index (χ1n) is 6.71. The highest BCUT2D eigenvalue weighted by Gasteiger charge is 2.21. The van der Waals surface area contributed by atoms with Gasteiger partial charge in [0, 0.05) is 17.4 Å². The van der Waals surface area contributed by atoms with E-state index in [2.05, 4.69) is 56.3 Å². The Morgan fingerprint density at radius 2 is 1.68 bits per heavy atom. The van der Waals surface area contributed by atoms with Gasteiger partial charge in [-0.25, -0.2) is 0 Å². The second-order valence-corrected chi connectivity index (χ2v) is 5.45. The van der Waals surface area contributed by atoms with E-state index in [1.165, 1.54) is 38.9 Å². The van der Waals surface area contributed by atoms with E-state index in [4.69, 9.17) is 4.98 Å². The molecule has 0 radical (unpaired) electrons. The number of pyridine rings is 1. The lowest BCUT2D eigenvalue weighted by Crippen LogP contribution is -1.87. The van der Waals surface area contributed by atoms with Crippen LogP contribution in [0.5, 0.6) is 0 Å². The Bertz CT molecular complexity index is 815. The largest absolute Gasteiger partial charge is 0.252 e. The minimum absolute atomic E-state index is 0.969. The van der Waals surface area contributed by atoms with Crippen molar-refractivity contribution >= 4 is 10.9 Å². The molecular formula is C18H15N. The summed E-state index contributed by atoms with van der Waals surface area (Å²) < 4.78 is 0. The van der Waals surface area contributed by atoms with Crippen LogP contribution in [-0.2, 0) is 6.42 Å². The van der Waals surface area contributed by atoms with Gasteiger partial charge in [0.05, 0.1) is 11.2 Å². The molecule has 0 fully saturated rings. The Morgan fingerprint density at radius 3 is 2.58 bits per heavy atom. The molecule has 0 atom stereocenters. The topological polar surface area (TPSA) is 12.9 Å². The number of hydrogen-bond acceptors (Lipinski definition) is 1. The normalized spacial score (nSPS) is 12.5. The van der Waals surface area contributed by atoms with Gasteiger partial charge in [-0.2, -0.15) is 0 Å². The Hall–Kier alpha value is -2.15. The second-order valence-electron chi connectivity index (χ2n) is 5.45. The first kappa shape index (κ1) is 10.7. The summed E-state index contributed by atoms with van der Waals surface area (Å²) in [5.41, 5.74) is 9.16. The summed E-state index contributed by atoms with van der Waals surface area (Å²) in [6.45, 7) is 4.37. The van der Waals surface area contributed by atoms with Crippen LogP contribution in [0, 0.1) is 13.8 Å². The number of aryl methyl sites for hydroxylation is 2. The number of para-hydroxylation sites is 1. The van der Waals surface area contributed by atoms with E-state index in [0.29, 0.717) is 0 Å². The molecule has 1 aliphatic carbocycles. The van der Waals surface area contributed by atoms with Crippen LogP contribution < -0.4 is 0 Å². The monoisotopic (exact) mass is 245 g/mol. The molecule has 0 bridgehead atoms. The summed E-state index contributed by atoms with van der Waals surface area (Å²) in [7, 11) is 0. The molecule has 4 rings (SSSR count). The van der Waals surface area contributed by atoms with E-state index < -0.39 is 0 Å². The molecule has 0 amide bonds. The third kappa shape index (κ3) is 1.51. The molecule has 0 saturated heterocycles. The fourth-order valence-corrected chi connectivity index (χ4v) is 2.98. The van der Waals surface area contributed by atoms with Crippen LogP contribution in [0.2, 0.25) is 0 Å². The predicted molar refractivity (Wildman–Crippen MR) is 79.5 cm³/mol. The lowest BCUT2D eigenvalue weighted by Gasteiger charge is -2.06. The van der Waals surface area contributed by atoms with Gasteiger partial charge in [-0.05, 0) is 48.2 Å².